The van der Waals surface area contributed by atoms with Crippen molar-refractivity contribution >= 4 is 17.5 Å². The van der Waals surface area contributed by atoms with Crippen LogP contribution in [0, 0.1) is 5.41 Å². The number of carbonyl (C=O) groups excluding carboxylic acids is 1. The van der Waals surface area contributed by atoms with Gasteiger partial charge in [-0.3, -0.25) is 9.79 Å². The summed E-state index contributed by atoms with van der Waals surface area (Å²) in [6.45, 7) is 4.47. The molecule has 6 nitrogen and oxygen atoms in total. The zero-order chi connectivity index (χ0) is 20.7. The van der Waals surface area contributed by atoms with E-state index in [-0.39, 0.29) is 11.8 Å². The number of anilines is 1. The zero-order valence-electron chi connectivity index (χ0n) is 17.1. The van der Waals surface area contributed by atoms with Crippen LogP contribution in [-0.2, 0) is 11.2 Å². The molecule has 1 atom stereocenters. The summed E-state index contributed by atoms with van der Waals surface area (Å²) in [5.74, 6) is 0.895. The highest BCUT2D eigenvalue weighted by atomic mass is 16.4. The maximum Gasteiger partial charge on any atom is 0.317 e. The van der Waals surface area contributed by atoms with E-state index in [0.29, 0.717) is 23.6 Å². The molecule has 1 unspecified atom stereocenters. The molecule has 0 amide bonds. The fraction of sp³-hybridized carbons (Fsp3) is 0.333. The number of aliphatic imine (C=N–C) groups is 1. The first-order valence-corrected chi connectivity index (χ1v) is 10.3. The minimum Gasteiger partial charge on any atom is -0.408 e. The molecule has 2 heterocycles. The van der Waals surface area contributed by atoms with Crippen LogP contribution in [0.15, 0.2) is 64.0 Å². The first-order valence-electron chi connectivity index (χ1n) is 10.3. The van der Waals surface area contributed by atoms with Gasteiger partial charge in [0.2, 0.25) is 5.89 Å². The van der Waals surface area contributed by atoms with Crippen LogP contribution in [0.2, 0.25) is 0 Å². The number of fused-ring (bicyclic) bond motifs is 1. The van der Waals surface area contributed by atoms with Gasteiger partial charge in [-0.25, -0.2) is 0 Å². The van der Waals surface area contributed by atoms with Crippen molar-refractivity contribution in [1.29, 1.82) is 0 Å². The predicted octanol–water partition coefficient (Wildman–Crippen LogP) is 4.37. The number of rotatable bonds is 4. The number of benzene rings is 2. The lowest BCUT2D eigenvalue weighted by atomic mass is 9.64. The third-order valence-electron chi connectivity index (χ3n) is 5.90. The molecule has 0 saturated heterocycles. The fourth-order valence-electron chi connectivity index (χ4n) is 4.42. The summed E-state index contributed by atoms with van der Waals surface area (Å²) in [6.07, 6.45) is 1.58. The standard InChI is InChI=1S/C24H24N4O2/c1-24(2)13-17(14-24)22-27-28-23(30-22)26-21-19(29)12-16-10-6-7-11-18(16)20(25-21)15-8-4-3-5-9-15/h3-11,17,21H,12-14H2,1-2H3,(H,26,28). The maximum atomic E-state index is 13.0. The highest BCUT2D eigenvalue weighted by molar-refractivity contribution is 6.16. The first-order chi connectivity index (χ1) is 14.5. The van der Waals surface area contributed by atoms with E-state index in [1.54, 1.807) is 0 Å². The summed E-state index contributed by atoms with van der Waals surface area (Å²) in [5.41, 5.74) is 4.02. The van der Waals surface area contributed by atoms with Gasteiger partial charge >= 0.3 is 6.01 Å². The molecule has 1 aromatic heterocycles. The summed E-state index contributed by atoms with van der Waals surface area (Å²) < 4.78 is 5.84. The Labute approximate surface area is 175 Å². The highest BCUT2D eigenvalue weighted by Crippen LogP contribution is 2.50. The van der Waals surface area contributed by atoms with Crippen LogP contribution >= 0.6 is 0 Å². The second-order valence-corrected chi connectivity index (χ2v) is 8.91. The Morgan fingerprint density at radius 3 is 2.50 bits per heavy atom. The second kappa shape index (κ2) is 7.20. The quantitative estimate of drug-likeness (QED) is 0.703. The molecule has 2 aliphatic rings. The number of Topliss-reactive ketones (excluding diaryl/α,β-unsaturated/α-hetero) is 1. The summed E-state index contributed by atoms with van der Waals surface area (Å²) in [4.78, 5) is 17.8. The van der Waals surface area contributed by atoms with Crippen molar-refractivity contribution in [3.8, 4) is 0 Å². The van der Waals surface area contributed by atoms with E-state index in [1.807, 2.05) is 54.6 Å². The van der Waals surface area contributed by atoms with Crippen LogP contribution in [0.4, 0.5) is 6.01 Å². The van der Waals surface area contributed by atoms with Crippen molar-refractivity contribution in [2.75, 3.05) is 5.32 Å². The first kappa shape index (κ1) is 18.7. The lowest BCUT2D eigenvalue weighted by molar-refractivity contribution is -0.119. The summed E-state index contributed by atoms with van der Waals surface area (Å²) in [7, 11) is 0. The largest absolute Gasteiger partial charge is 0.408 e. The van der Waals surface area contributed by atoms with Crippen LogP contribution in [-0.4, -0.2) is 27.9 Å². The van der Waals surface area contributed by atoms with Crippen molar-refractivity contribution in [3.63, 3.8) is 0 Å². The van der Waals surface area contributed by atoms with Gasteiger partial charge in [0.25, 0.3) is 0 Å². The third kappa shape index (κ3) is 3.54. The molecule has 1 N–H and O–H groups in total. The topological polar surface area (TPSA) is 80.4 Å². The van der Waals surface area contributed by atoms with Gasteiger partial charge in [0.05, 0.1) is 5.71 Å². The molecular formula is C24H24N4O2. The maximum absolute atomic E-state index is 13.0. The molecule has 0 spiro atoms. The molecule has 1 aliphatic heterocycles. The van der Waals surface area contributed by atoms with E-state index in [9.17, 15) is 4.79 Å². The summed E-state index contributed by atoms with van der Waals surface area (Å²) in [6, 6.07) is 18.1. The minimum absolute atomic E-state index is 0.0297. The molecule has 0 bridgehead atoms. The van der Waals surface area contributed by atoms with Crippen molar-refractivity contribution in [2.45, 2.75) is 45.2 Å². The van der Waals surface area contributed by atoms with Crippen molar-refractivity contribution in [3.05, 3.63) is 77.2 Å². The van der Waals surface area contributed by atoms with Crippen LogP contribution < -0.4 is 5.32 Å². The Balaban J connectivity index is 1.45. The smallest absolute Gasteiger partial charge is 0.317 e. The average molecular weight is 400 g/mol. The van der Waals surface area contributed by atoms with Gasteiger partial charge in [-0.1, -0.05) is 73.5 Å². The van der Waals surface area contributed by atoms with Crippen molar-refractivity contribution < 1.29 is 9.21 Å². The number of nitrogens with one attached hydrogen (secondary N) is 1. The number of nitrogens with zero attached hydrogens (tertiary/aromatic N) is 3. The van der Waals surface area contributed by atoms with E-state index in [1.165, 1.54) is 0 Å². The highest BCUT2D eigenvalue weighted by Gasteiger charge is 2.40. The SMILES string of the molecule is CC1(C)CC(c2nnc(NC3N=C(c4ccccc4)c4ccccc4CC3=O)o2)C1. The molecule has 6 heteroatoms. The molecule has 2 aromatic carbocycles. The number of hydrogen-bond donors (Lipinski definition) is 1. The van der Waals surface area contributed by atoms with Gasteiger partial charge < -0.3 is 9.73 Å². The molecule has 1 fully saturated rings. The van der Waals surface area contributed by atoms with Crippen LogP contribution in [0.5, 0.6) is 0 Å². The molecule has 3 aromatic rings. The molecule has 1 aliphatic carbocycles. The molecule has 152 valence electrons. The monoisotopic (exact) mass is 400 g/mol. The van der Waals surface area contributed by atoms with Gasteiger partial charge in [-0.15, -0.1) is 5.10 Å². The van der Waals surface area contributed by atoms with Gasteiger partial charge in [-0.2, -0.15) is 0 Å². The molecule has 0 radical (unpaired) electrons. The Kier molecular flexibility index (Phi) is 4.50. The Bertz CT molecular complexity index is 1110. The number of aromatic nitrogens is 2. The van der Waals surface area contributed by atoms with Gasteiger partial charge in [0.1, 0.15) is 0 Å². The van der Waals surface area contributed by atoms with Crippen LogP contribution in [0.1, 0.15) is 55.2 Å². The van der Waals surface area contributed by atoms with E-state index in [0.717, 1.165) is 35.2 Å². The Hall–Kier alpha value is -3.28. The van der Waals surface area contributed by atoms with E-state index >= 15 is 0 Å². The Morgan fingerprint density at radius 1 is 1.00 bits per heavy atom. The second-order valence-electron chi connectivity index (χ2n) is 8.91. The zero-order valence-corrected chi connectivity index (χ0v) is 17.1. The summed E-state index contributed by atoms with van der Waals surface area (Å²) >= 11 is 0. The minimum atomic E-state index is -0.779. The average Bonchev–Trinajstić information content (AvgIpc) is 3.13. The van der Waals surface area contributed by atoms with Crippen molar-refractivity contribution in [1.82, 2.24) is 10.2 Å². The lowest BCUT2D eigenvalue weighted by Gasteiger charge is -2.40. The number of ketones is 1. The van der Waals surface area contributed by atoms with Crippen LogP contribution in [0.25, 0.3) is 0 Å². The third-order valence-corrected chi connectivity index (χ3v) is 5.90. The fourth-order valence-corrected chi connectivity index (χ4v) is 4.42. The predicted molar refractivity (Wildman–Crippen MR) is 115 cm³/mol. The van der Waals surface area contributed by atoms with Gasteiger partial charge in [0.15, 0.2) is 11.9 Å². The molecule has 1 saturated carbocycles. The van der Waals surface area contributed by atoms with E-state index in [4.69, 9.17) is 9.41 Å². The molecular weight excluding hydrogens is 376 g/mol. The molecule has 5 rings (SSSR count). The normalized spacial score (nSPS) is 20.7. The number of carbonyl (C=O) groups is 1. The lowest BCUT2D eigenvalue weighted by Crippen LogP contribution is -2.30. The summed E-state index contributed by atoms with van der Waals surface area (Å²) in [5, 5.41) is 11.4. The van der Waals surface area contributed by atoms with Crippen LogP contribution in [0.3, 0.4) is 0 Å². The number of hydrogen-bond acceptors (Lipinski definition) is 6. The van der Waals surface area contributed by atoms with Crippen molar-refractivity contribution in [2.24, 2.45) is 10.4 Å². The van der Waals surface area contributed by atoms with Gasteiger partial charge in [0, 0.05) is 23.5 Å². The Morgan fingerprint density at radius 2 is 1.73 bits per heavy atom. The van der Waals surface area contributed by atoms with E-state index < -0.39 is 6.17 Å². The molecule has 30 heavy (non-hydrogen) atoms. The van der Waals surface area contributed by atoms with Gasteiger partial charge in [-0.05, 0) is 23.8 Å². The van der Waals surface area contributed by atoms with E-state index in [2.05, 4.69) is 29.4 Å².